The van der Waals surface area contributed by atoms with Gasteiger partial charge in [-0.2, -0.15) is 0 Å². The molecule has 0 bridgehead atoms. The zero-order valence-electron chi connectivity index (χ0n) is 14.2. The molecule has 0 radical (unpaired) electrons. The summed E-state index contributed by atoms with van der Waals surface area (Å²) in [6.45, 7) is 8.19. The van der Waals surface area contributed by atoms with Gasteiger partial charge in [0.05, 0.1) is 6.54 Å². The third kappa shape index (κ3) is 4.05. The maximum Gasteiger partial charge on any atom is 0.317 e. The van der Waals surface area contributed by atoms with E-state index in [9.17, 15) is 9.59 Å². The minimum Gasteiger partial charge on any atom is -0.355 e. The highest BCUT2D eigenvalue weighted by Gasteiger charge is 2.43. The molecule has 3 heterocycles. The normalized spacial score (nSPS) is 25.1. The van der Waals surface area contributed by atoms with Gasteiger partial charge in [0.1, 0.15) is 5.01 Å². The number of urea groups is 1. The van der Waals surface area contributed by atoms with Gasteiger partial charge < -0.3 is 15.5 Å². The highest BCUT2D eigenvalue weighted by molar-refractivity contribution is 7.09. The SMILES string of the molecule is CC(C)NC(=O)N1CCN(Cc2nccs2)C[C@]2(CNC(=O)C2)C1. The van der Waals surface area contributed by atoms with Gasteiger partial charge in [0.2, 0.25) is 5.91 Å². The van der Waals surface area contributed by atoms with Crippen LogP contribution in [0.3, 0.4) is 0 Å². The first-order valence-corrected chi connectivity index (χ1v) is 9.27. The molecular formula is C16H25N5O2S. The smallest absolute Gasteiger partial charge is 0.317 e. The highest BCUT2D eigenvalue weighted by Crippen LogP contribution is 2.31. The van der Waals surface area contributed by atoms with Crippen LogP contribution >= 0.6 is 11.3 Å². The minimum absolute atomic E-state index is 0.0418. The maximum atomic E-state index is 12.5. The van der Waals surface area contributed by atoms with E-state index >= 15 is 0 Å². The Labute approximate surface area is 146 Å². The molecule has 1 aromatic rings. The van der Waals surface area contributed by atoms with E-state index in [2.05, 4.69) is 20.5 Å². The second-order valence-corrected chi connectivity index (χ2v) is 8.09. The van der Waals surface area contributed by atoms with E-state index in [1.54, 1.807) is 11.3 Å². The van der Waals surface area contributed by atoms with E-state index in [4.69, 9.17) is 0 Å². The molecule has 0 aromatic carbocycles. The van der Waals surface area contributed by atoms with Gasteiger partial charge in [-0.15, -0.1) is 11.3 Å². The number of nitrogens with one attached hydrogen (secondary N) is 2. The minimum atomic E-state index is -0.209. The van der Waals surface area contributed by atoms with E-state index in [0.29, 0.717) is 26.1 Å². The van der Waals surface area contributed by atoms with Crippen LogP contribution in [0.15, 0.2) is 11.6 Å². The first-order chi connectivity index (χ1) is 11.5. The van der Waals surface area contributed by atoms with Crippen LogP contribution in [0.1, 0.15) is 25.3 Å². The molecule has 0 aliphatic carbocycles. The Morgan fingerprint density at radius 1 is 1.46 bits per heavy atom. The number of amides is 3. The molecule has 2 N–H and O–H groups in total. The molecule has 1 atom stereocenters. The Morgan fingerprint density at radius 3 is 2.92 bits per heavy atom. The Morgan fingerprint density at radius 2 is 2.29 bits per heavy atom. The lowest BCUT2D eigenvalue weighted by Crippen LogP contribution is -2.48. The van der Waals surface area contributed by atoms with Crippen molar-refractivity contribution in [1.29, 1.82) is 0 Å². The molecular weight excluding hydrogens is 326 g/mol. The molecule has 2 saturated heterocycles. The molecule has 3 amide bonds. The number of thiazole rings is 1. The second-order valence-electron chi connectivity index (χ2n) is 7.12. The lowest BCUT2D eigenvalue weighted by molar-refractivity contribution is -0.119. The Hall–Kier alpha value is -1.67. The van der Waals surface area contributed by atoms with Crippen molar-refractivity contribution in [1.82, 2.24) is 25.4 Å². The van der Waals surface area contributed by atoms with Gasteiger partial charge in [-0.3, -0.25) is 9.69 Å². The molecule has 24 heavy (non-hydrogen) atoms. The first-order valence-electron chi connectivity index (χ1n) is 8.39. The lowest BCUT2D eigenvalue weighted by Gasteiger charge is -2.32. The van der Waals surface area contributed by atoms with Gasteiger partial charge >= 0.3 is 6.03 Å². The molecule has 3 rings (SSSR count). The molecule has 2 aliphatic heterocycles. The number of rotatable bonds is 3. The van der Waals surface area contributed by atoms with Crippen LogP contribution in [0.4, 0.5) is 4.79 Å². The summed E-state index contributed by atoms with van der Waals surface area (Å²) in [5, 5.41) is 8.97. The average Bonchev–Trinajstić information content (AvgIpc) is 3.08. The standard InChI is InChI=1S/C16H25N5O2S/c1-12(2)19-15(23)21-5-4-20(8-14-17-3-6-24-14)10-16(11-21)7-13(22)18-9-16/h3,6,12H,4-5,7-11H2,1-2H3,(H,18,22)(H,19,23)/t16-/m0/s1. The van der Waals surface area contributed by atoms with Gasteiger partial charge in [-0.25, -0.2) is 9.78 Å². The van der Waals surface area contributed by atoms with E-state index in [1.165, 1.54) is 0 Å². The molecule has 1 aromatic heterocycles. The van der Waals surface area contributed by atoms with Gasteiger partial charge in [0.15, 0.2) is 0 Å². The van der Waals surface area contributed by atoms with Gasteiger partial charge in [0, 0.05) is 62.2 Å². The third-order valence-electron chi connectivity index (χ3n) is 4.51. The van der Waals surface area contributed by atoms with E-state index < -0.39 is 0 Å². The average molecular weight is 351 g/mol. The van der Waals surface area contributed by atoms with E-state index in [0.717, 1.165) is 24.6 Å². The molecule has 8 heteroatoms. The van der Waals surface area contributed by atoms with Crippen molar-refractivity contribution in [3.05, 3.63) is 16.6 Å². The largest absolute Gasteiger partial charge is 0.355 e. The van der Waals surface area contributed by atoms with Crippen molar-refractivity contribution in [3.8, 4) is 0 Å². The quantitative estimate of drug-likeness (QED) is 0.848. The third-order valence-corrected chi connectivity index (χ3v) is 5.27. The lowest BCUT2D eigenvalue weighted by atomic mass is 9.86. The number of carbonyl (C=O) groups excluding carboxylic acids is 2. The first kappa shape index (κ1) is 17.2. The molecule has 2 fully saturated rings. The van der Waals surface area contributed by atoms with Crippen molar-refractivity contribution in [2.75, 3.05) is 32.7 Å². The zero-order chi connectivity index (χ0) is 17.2. The summed E-state index contributed by atoms with van der Waals surface area (Å²) in [5.74, 6) is 0.0790. The van der Waals surface area contributed by atoms with Crippen molar-refractivity contribution in [2.45, 2.75) is 32.9 Å². The van der Waals surface area contributed by atoms with E-state index in [1.807, 2.05) is 30.3 Å². The molecule has 0 unspecified atom stereocenters. The molecule has 0 saturated carbocycles. The highest BCUT2D eigenvalue weighted by atomic mass is 32.1. The summed E-state index contributed by atoms with van der Waals surface area (Å²) in [6.07, 6.45) is 2.30. The zero-order valence-corrected chi connectivity index (χ0v) is 15.1. The van der Waals surface area contributed by atoms with Gasteiger partial charge in [-0.05, 0) is 13.8 Å². The Kier molecular flexibility index (Phi) is 5.05. The number of hydrogen-bond donors (Lipinski definition) is 2. The summed E-state index contributed by atoms with van der Waals surface area (Å²) in [5.41, 5.74) is -0.209. The van der Waals surface area contributed by atoms with Crippen LogP contribution in [-0.4, -0.2) is 65.5 Å². The second kappa shape index (κ2) is 7.06. The number of carbonyl (C=O) groups is 2. The number of nitrogens with zero attached hydrogens (tertiary/aromatic N) is 3. The summed E-state index contributed by atoms with van der Waals surface area (Å²) < 4.78 is 0. The molecule has 2 aliphatic rings. The topological polar surface area (TPSA) is 77.6 Å². The van der Waals surface area contributed by atoms with Crippen LogP contribution in [-0.2, 0) is 11.3 Å². The van der Waals surface area contributed by atoms with Crippen LogP contribution in [0.25, 0.3) is 0 Å². The number of aromatic nitrogens is 1. The summed E-state index contributed by atoms with van der Waals surface area (Å²) in [6, 6.07) is 0.0614. The summed E-state index contributed by atoms with van der Waals surface area (Å²) >= 11 is 1.64. The molecule has 132 valence electrons. The van der Waals surface area contributed by atoms with Gasteiger partial charge in [0.25, 0.3) is 0 Å². The Bertz CT molecular complexity index is 591. The van der Waals surface area contributed by atoms with Crippen molar-refractivity contribution in [2.24, 2.45) is 5.41 Å². The molecule has 1 spiro atoms. The summed E-state index contributed by atoms with van der Waals surface area (Å²) in [4.78, 5) is 32.9. The van der Waals surface area contributed by atoms with Crippen LogP contribution < -0.4 is 10.6 Å². The van der Waals surface area contributed by atoms with Crippen molar-refractivity contribution >= 4 is 23.3 Å². The van der Waals surface area contributed by atoms with Gasteiger partial charge in [-0.1, -0.05) is 0 Å². The van der Waals surface area contributed by atoms with Crippen LogP contribution in [0.2, 0.25) is 0 Å². The fraction of sp³-hybridized carbons (Fsp3) is 0.688. The maximum absolute atomic E-state index is 12.5. The fourth-order valence-electron chi connectivity index (χ4n) is 3.49. The predicted molar refractivity (Wildman–Crippen MR) is 92.7 cm³/mol. The fourth-order valence-corrected chi connectivity index (χ4v) is 4.15. The van der Waals surface area contributed by atoms with E-state index in [-0.39, 0.29) is 23.4 Å². The van der Waals surface area contributed by atoms with Crippen LogP contribution in [0, 0.1) is 5.41 Å². The summed E-state index contributed by atoms with van der Waals surface area (Å²) in [7, 11) is 0. The molecule has 7 nitrogen and oxygen atoms in total. The van der Waals surface area contributed by atoms with Crippen molar-refractivity contribution in [3.63, 3.8) is 0 Å². The van der Waals surface area contributed by atoms with Crippen molar-refractivity contribution < 1.29 is 9.59 Å². The number of hydrogen-bond acceptors (Lipinski definition) is 5. The monoisotopic (exact) mass is 351 g/mol. The van der Waals surface area contributed by atoms with Crippen LogP contribution in [0.5, 0.6) is 0 Å². The Balaban J connectivity index is 1.75. The predicted octanol–water partition coefficient (Wildman–Crippen LogP) is 0.885.